The average molecular weight is 1110 g/mol. The van der Waals surface area contributed by atoms with Crippen molar-refractivity contribution < 1.29 is 28.6 Å². The van der Waals surface area contributed by atoms with E-state index in [1.807, 2.05) is 0 Å². The van der Waals surface area contributed by atoms with Crippen molar-refractivity contribution in [3.05, 3.63) is 48.6 Å². The first kappa shape index (κ1) is 76.4. The van der Waals surface area contributed by atoms with Crippen molar-refractivity contribution in [2.75, 3.05) is 13.2 Å². The molecule has 0 bridgehead atoms. The maximum atomic E-state index is 12.9. The summed E-state index contributed by atoms with van der Waals surface area (Å²) in [5, 5.41) is 0. The molecule has 0 aliphatic rings. The van der Waals surface area contributed by atoms with Gasteiger partial charge in [0.25, 0.3) is 0 Å². The van der Waals surface area contributed by atoms with Gasteiger partial charge in [-0.15, -0.1) is 0 Å². The summed E-state index contributed by atoms with van der Waals surface area (Å²) in [5.41, 5.74) is 0. The van der Waals surface area contributed by atoms with Crippen LogP contribution in [-0.2, 0) is 28.6 Å². The predicted octanol–water partition coefficient (Wildman–Crippen LogP) is 24.1. The average Bonchev–Trinajstić information content (AvgIpc) is 3.45. The lowest BCUT2D eigenvalue weighted by molar-refractivity contribution is -0.167. The summed E-state index contributed by atoms with van der Waals surface area (Å²) in [7, 11) is 0. The van der Waals surface area contributed by atoms with Gasteiger partial charge in [-0.2, -0.15) is 0 Å². The van der Waals surface area contributed by atoms with E-state index in [0.717, 1.165) is 70.6 Å². The minimum Gasteiger partial charge on any atom is -0.462 e. The zero-order valence-electron chi connectivity index (χ0n) is 53.2. The van der Waals surface area contributed by atoms with E-state index in [1.54, 1.807) is 0 Å². The van der Waals surface area contributed by atoms with Gasteiger partial charge in [-0.25, -0.2) is 0 Å². The third-order valence-corrected chi connectivity index (χ3v) is 15.8. The Bertz CT molecular complexity index is 1360. The first-order valence-corrected chi connectivity index (χ1v) is 35.1. The largest absolute Gasteiger partial charge is 0.462 e. The van der Waals surface area contributed by atoms with Crippen LogP contribution in [0.5, 0.6) is 0 Å². The molecule has 0 aromatic rings. The van der Waals surface area contributed by atoms with Crippen molar-refractivity contribution in [1.29, 1.82) is 0 Å². The molecule has 0 saturated heterocycles. The molecule has 0 heterocycles. The van der Waals surface area contributed by atoms with Gasteiger partial charge in [0, 0.05) is 19.3 Å². The van der Waals surface area contributed by atoms with Crippen LogP contribution >= 0.6 is 0 Å². The smallest absolute Gasteiger partial charge is 0.306 e. The van der Waals surface area contributed by atoms with Gasteiger partial charge in [-0.3, -0.25) is 14.4 Å². The molecule has 0 aliphatic heterocycles. The molecule has 0 saturated carbocycles. The van der Waals surface area contributed by atoms with Crippen molar-refractivity contribution in [1.82, 2.24) is 0 Å². The normalized spacial score (nSPS) is 12.3. The lowest BCUT2D eigenvalue weighted by Crippen LogP contribution is -2.30. The minimum absolute atomic E-state index is 0.0697. The lowest BCUT2D eigenvalue weighted by atomic mass is 10.0. The second-order valence-electron chi connectivity index (χ2n) is 23.8. The van der Waals surface area contributed by atoms with Crippen LogP contribution in [0.25, 0.3) is 0 Å². The van der Waals surface area contributed by atoms with E-state index >= 15 is 0 Å². The number of hydrogen-bond donors (Lipinski definition) is 0. The van der Waals surface area contributed by atoms with Gasteiger partial charge >= 0.3 is 17.9 Å². The maximum absolute atomic E-state index is 12.9. The highest BCUT2D eigenvalue weighted by molar-refractivity contribution is 5.71. The second kappa shape index (κ2) is 67.9. The molecule has 0 fully saturated rings. The number of esters is 3. The van der Waals surface area contributed by atoms with Crippen LogP contribution in [0.4, 0.5) is 0 Å². The lowest BCUT2D eigenvalue weighted by Gasteiger charge is -2.18. The van der Waals surface area contributed by atoms with E-state index in [2.05, 4.69) is 69.4 Å². The van der Waals surface area contributed by atoms with E-state index in [4.69, 9.17) is 14.2 Å². The zero-order valence-corrected chi connectivity index (χ0v) is 53.2. The summed E-state index contributed by atoms with van der Waals surface area (Å²) in [4.78, 5) is 38.4. The Morgan fingerprint density at radius 2 is 0.456 bits per heavy atom. The van der Waals surface area contributed by atoms with Crippen LogP contribution in [0.15, 0.2) is 48.6 Å². The van der Waals surface area contributed by atoms with E-state index in [1.165, 1.54) is 270 Å². The highest BCUT2D eigenvalue weighted by Gasteiger charge is 2.19. The Morgan fingerprint density at radius 3 is 0.722 bits per heavy atom. The molecule has 0 N–H and O–H groups in total. The molecule has 6 heteroatoms. The monoisotopic (exact) mass is 1110 g/mol. The highest BCUT2D eigenvalue weighted by Crippen LogP contribution is 2.18. The maximum Gasteiger partial charge on any atom is 0.306 e. The molecule has 0 amide bonds. The van der Waals surface area contributed by atoms with Crippen LogP contribution in [0.2, 0.25) is 0 Å². The topological polar surface area (TPSA) is 78.9 Å². The molecule has 6 nitrogen and oxygen atoms in total. The number of hydrogen-bond acceptors (Lipinski definition) is 6. The SMILES string of the molecule is CCCCC/C=C\C/C=C\CCCCCCCCCCCC(=O)OC(COC(=O)CCCCCCCCCCCCCCCCC)COC(=O)CCCCCCCCCCCCCCCCC/C=C\C/C=C\CCCCCCC. The van der Waals surface area contributed by atoms with Crippen molar-refractivity contribution in [3.8, 4) is 0 Å². The highest BCUT2D eigenvalue weighted by atomic mass is 16.6. The van der Waals surface area contributed by atoms with Gasteiger partial charge in [0.05, 0.1) is 0 Å². The molecule has 0 aliphatic carbocycles. The summed E-state index contributed by atoms with van der Waals surface area (Å²) in [6, 6.07) is 0. The second-order valence-corrected chi connectivity index (χ2v) is 23.8. The Hall–Kier alpha value is -2.63. The number of allylic oxidation sites excluding steroid dienone is 8. The number of rotatable bonds is 65. The van der Waals surface area contributed by atoms with Crippen molar-refractivity contribution in [3.63, 3.8) is 0 Å². The van der Waals surface area contributed by atoms with Gasteiger partial charge in [-0.1, -0.05) is 326 Å². The van der Waals surface area contributed by atoms with Gasteiger partial charge < -0.3 is 14.2 Å². The fraction of sp³-hybridized carbons (Fsp3) is 0.849. The van der Waals surface area contributed by atoms with Crippen LogP contribution in [-0.4, -0.2) is 37.2 Å². The number of carbonyl (C=O) groups is 3. The summed E-state index contributed by atoms with van der Waals surface area (Å²) in [6.07, 6.45) is 85.6. The zero-order chi connectivity index (χ0) is 57.1. The van der Waals surface area contributed by atoms with Crippen LogP contribution in [0.3, 0.4) is 0 Å². The van der Waals surface area contributed by atoms with E-state index in [-0.39, 0.29) is 31.1 Å². The molecule has 0 rings (SSSR count). The first-order valence-electron chi connectivity index (χ1n) is 35.1. The van der Waals surface area contributed by atoms with E-state index in [0.29, 0.717) is 19.3 Å². The number of carbonyl (C=O) groups excluding carboxylic acids is 3. The Kier molecular flexibility index (Phi) is 65.6. The predicted molar refractivity (Wildman–Crippen MR) is 344 cm³/mol. The Balaban J connectivity index is 4.26. The summed E-state index contributed by atoms with van der Waals surface area (Å²) >= 11 is 0. The molecule has 0 aromatic carbocycles. The summed E-state index contributed by atoms with van der Waals surface area (Å²) in [6.45, 7) is 6.67. The molecule has 79 heavy (non-hydrogen) atoms. The quantitative estimate of drug-likeness (QED) is 0.0261. The van der Waals surface area contributed by atoms with Crippen molar-refractivity contribution in [2.24, 2.45) is 0 Å². The standard InChI is InChI=1S/C73H134O6/c1-4-7-10-13-16-19-22-25-28-30-32-33-34-35-36-37-38-39-41-42-45-48-51-54-57-60-63-66-72(75)78-69-70(68-77-71(74)65-62-59-56-53-50-47-44-27-24-21-18-15-12-9-6-3)79-73(76)67-64-61-58-55-52-49-46-43-40-31-29-26-23-20-17-14-11-8-5-2/h17,20,22,25-26,29-30,32,70H,4-16,18-19,21,23-24,27-28,31,33-69H2,1-3H3/b20-17-,25-22-,29-26-,32-30-. The molecular formula is C73H134O6. The molecule has 462 valence electrons. The van der Waals surface area contributed by atoms with Gasteiger partial charge in [0.2, 0.25) is 0 Å². The first-order chi connectivity index (χ1) is 39.0. The van der Waals surface area contributed by atoms with Crippen LogP contribution < -0.4 is 0 Å². The summed E-state index contributed by atoms with van der Waals surface area (Å²) < 4.78 is 17.0. The molecule has 0 spiro atoms. The van der Waals surface area contributed by atoms with Gasteiger partial charge in [0.1, 0.15) is 13.2 Å². The Morgan fingerprint density at radius 1 is 0.253 bits per heavy atom. The molecule has 0 radical (unpaired) electrons. The van der Waals surface area contributed by atoms with E-state index < -0.39 is 6.10 Å². The van der Waals surface area contributed by atoms with Crippen molar-refractivity contribution in [2.45, 2.75) is 386 Å². The van der Waals surface area contributed by atoms with Crippen LogP contribution in [0.1, 0.15) is 380 Å². The third-order valence-electron chi connectivity index (χ3n) is 15.8. The van der Waals surface area contributed by atoms with Gasteiger partial charge in [0.15, 0.2) is 6.10 Å². The number of unbranched alkanes of at least 4 members (excludes halogenated alkanes) is 46. The van der Waals surface area contributed by atoms with Gasteiger partial charge in [-0.05, 0) is 83.5 Å². The fourth-order valence-electron chi connectivity index (χ4n) is 10.5. The molecule has 1 unspecified atom stereocenters. The molecular weight excluding hydrogens is 973 g/mol. The van der Waals surface area contributed by atoms with Crippen molar-refractivity contribution >= 4 is 17.9 Å². The molecule has 0 aromatic heterocycles. The summed E-state index contributed by atoms with van der Waals surface area (Å²) in [5.74, 6) is -0.847. The minimum atomic E-state index is -0.774. The number of ether oxygens (including phenoxy) is 3. The third kappa shape index (κ3) is 66.1. The van der Waals surface area contributed by atoms with Crippen LogP contribution in [0, 0.1) is 0 Å². The molecule has 1 atom stereocenters. The van der Waals surface area contributed by atoms with E-state index in [9.17, 15) is 14.4 Å². The fourth-order valence-corrected chi connectivity index (χ4v) is 10.5. The Labute approximate surface area is 492 Å².